The van der Waals surface area contributed by atoms with Crippen LogP contribution >= 0.6 is 0 Å². The van der Waals surface area contributed by atoms with E-state index in [1.54, 1.807) is 0 Å². The average molecular weight is 162 g/mol. The van der Waals surface area contributed by atoms with Crippen LogP contribution in [0, 0.1) is 0 Å². The van der Waals surface area contributed by atoms with Crippen molar-refractivity contribution in [1.82, 2.24) is 0 Å². The Balaban J connectivity index is -0.000000245. The molecule has 4 heteroatoms. The fourth-order valence-electron chi connectivity index (χ4n) is 0.515. The van der Waals surface area contributed by atoms with Crippen molar-refractivity contribution >= 4 is 0 Å². The van der Waals surface area contributed by atoms with E-state index in [2.05, 4.69) is 0 Å². The van der Waals surface area contributed by atoms with Crippen LogP contribution in [0.3, 0.4) is 0 Å². The van der Waals surface area contributed by atoms with E-state index >= 15 is 0 Å². The van der Waals surface area contributed by atoms with E-state index in [4.69, 9.17) is 0 Å². The van der Waals surface area contributed by atoms with Gasteiger partial charge in [-0.2, -0.15) is 6.61 Å². The maximum Gasteiger partial charge on any atom is 1.00 e. The van der Waals surface area contributed by atoms with Gasteiger partial charge < -0.3 is 10.2 Å². The molecule has 10 heavy (non-hydrogen) atoms. The summed E-state index contributed by atoms with van der Waals surface area (Å²) < 4.78 is 0. The van der Waals surface area contributed by atoms with Gasteiger partial charge in [0.2, 0.25) is 0 Å². The molecule has 0 aliphatic heterocycles. The summed E-state index contributed by atoms with van der Waals surface area (Å²) in [6.45, 7) is 1.55. The Hall–Kier alpha value is 1.92. The molecule has 50 valence electrons. The minimum atomic E-state index is -0.852. The van der Waals surface area contributed by atoms with Crippen LogP contribution in [0.1, 0.15) is 26.2 Å². The Morgan fingerprint density at radius 1 is 1.30 bits per heavy atom. The molecular weight excluding hydrogens is 150 g/mol. The average Bonchev–Trinajstić information content (AvgIpc) is 1.83. The topological polar surface area (TPSA) is 46.1 Å². The van der Waals surface area contributed by atoms with Crippen LogP contribution in [0.25, 0.3) is 0 Å². The third-order valence-electron chi connectivity index (χ3n) is 1.07. The zero-order chi connectivity index (χ0) is 6.41. The molecule has 0 N–H and O–H groups in total. The van der Waals surface area contributed by atoms with Crippen molar-refractivity contribution in [2.24, 2.45) is 0 Å². The van der Waals surface area contributed by atoms with Gasteiger partial charge in [-0.3, -0.25) is 0 Å². The van der Waals surface area contributed by atoms with Gasteiger partial charge in [-0.05, 0) is 0 Å². The third kappa shape index (κ3) is 12.6. The predicted molar refractivity (Wildman–Crippen MR) is 28.2 cm³/mol. The number of hydrogen-bond acceptors (Lipinski definition) is 2. The van der Waals surface area contributed by atoms with E-state index in [0.29, 0.717) is 6.42 Å². The quantitative estimate of drug-likeness (QED) is 0.386. The molecule has 1 unspecified atom stereocenters. The fourth-order valence-corrected chi connectivity index (χ4v) is 0.515. The Bertz CT molecular complexity index is 53.0. The minimum absolute atomic E-state index is 0. The fraction of sp³-hybridized carbons (Fsp3) is 1.00. The van der Waals surface area contributed by atoms with Gasteiger partial charge >= 0.3 is 59.1 Å². The van der Waals surface area contributed by atoms with Gasteiger partial charge in [-0.15, -0.1) is 6.10 Å². The molecule has 0 saturated heterocycles. The van der Waals surface area contributed by atoms with Crippen molar-refractivity contribution in [2.45, 2.75) is 32.3 Å². The zero-order valence-electron chi connectivity index (χ0n) is 7.22. The molecule has 1 atom stereocenters. The molecule has 0 spiro atoms. The Morgan fingerprint density at radius 2 is 1.80 bits per heavy atom. The van der Waals surface area contributed by atoms with Gasteiger partial charge in [0.15, 0.2) is 0 Å². The second-order valence-corrected chi connectivity index (χ2v) is 1.93. The number of unbranched alkanes of at least 4 members (excludes halogenated alkanes) is 1. The van der Waals surface area contributed by atoms with E-state index in [1.165, 1.54) is 0 Å². The monoisotopic (exact) mass is 162 g/mol. The molecular formula is C6H12Na2O2. The summed E-state index contributed by atoms with van der Waals surface area (Å²) in [5.74, 6) is 0. The molecule has 0 aromatic heterocycles. The van der Waals surface area contributed by atoms with E-state index in [9.17, 15) is 10.2 Å². The first kappa shape index (κ1) is 17.9. The first-order valence-corrected chi connectivity index (χ1v) is 3.05. The van der Waals surface area contributed by atoms with E-state index in [0.717, 1.165) is 12.8 Å². The summed E-state index contributed by atoms with van der Waals surface area (Å²) >= 11 is 0. The predicted octanol–water partition coefficient (Wildman–Crippen LogP) is -6.73. The summed E-state index contributed by atoms with van der Waals surface area (Å²) in [4.78, 5) is 0. The van der Waals surface area contributed by atoms with Crippen molar-refractivity contribution in [3.63, 3.8) is 0 Å². The van der Waals surface area contributed by atoms with Crippen LogP contribution in [0.2, 0.25) is 0 Å². The largest absolute Gasteiger partial charge is 1.00 e. The van der Waals surface area contributed by atoms with Gasteiger partial charge in [0, 0.05) is 0 Å². The maximum atomic E-state index is 10.3. The van der Waals surface area contributed by atoms with Gasteiger partial charge in [0.1, 0.15) is 0 Å². The second kappa shape index (κ2) is 13.5. The summed E-state index contributed by atoms with van der Waals surface area (Å²) in [7, 11) is 0. The minimum Gasteiger partial charge on any atom is -0.855 e. The Labute approximate surface area is 107 Å². The van der Waals surface area contributed by atoms with Gasteiger partial charge in [-0.1, -0.05) is 26.2 Å². The molecule has 0 radical (unpaired) electrons. The molecule has 0 bridgehead atoms. The summed E-state index contributed by atoms with van der Waals surface area (Å²) in [5.41, 5.74) is 0. The molecule has 0 rings (SSSR count). The zero-order valence-corrected chi connectivity index (χ0v) is 11.2. The molecule has 0 aliphatic rings. The molecule has 0 heterocycles. The molecule has 0 saturated carbocycles. The van der Waals surface area contributed by atoms with Crippen LogP contribution in [0.4, 0.5) is 0 Å². The summed E-state index contributed by atoms with van der Waals surface area (Å²) in [6.07, 6.45) is 1.62. The first-order chi connectivity index (χ1) is 3.81. The molecule has 0 amide bonds. The van der Waals surface area contributed by atoms with Crippen molar-refractivity contribution < 1.29 is 69.3 Å². The van der Waals surface area contributed by atoms with Crippen molar-refractivity contribution in [1.29, 1.82) is 0 Å². The standard InChI is InChI=1S/C6H12O2.2Na/c1-2-3-4-6(8)5-7;;/h6H,2-5H2,1H3;;/q-2;2*+1. The molecule has 0 fully saturated rings. The number of hydrogen-bond donors (Lipinski definition) is 0. The van der Waals surface area contributed by atoms with Crippen LogP contribution in [0.5, 0.6) is 0 Å². The van der Waals surface area contributed by atoms with Gasteiger partial charge in [0.25, 0.3) is 0 Å². The smallest absolute Gasteiger partial charge is 0.855 e. The Kier molecular flexibility index (Phi) is 24.1. The van der Waals surface area contributed by atoms with Crippen molar-refractivity contribution in [3.8, 4) is 0 Å². The second-order valence-electron chi connectivity index (χ2n) is 1.93. The SMILES string of the molecule is CCCCC([O-])C[O-].[Na+].[Na+]. The molecule has 0 aromatic carbocycles. The third-order valence-corrected chi connectivity index (χ3v) is 1.07. The van der Waals surface area contributed by atoms with E-state index in [-0.39, 0.29) is 59.1 Å². The van der Waals surface area contributed by atoms with Gasteiger partial charge in [0.05, 0.1) is 0 Å². The van der Waals surface area contributed by atoms with Crippen LogP contribution in [0.15, 0.2) is 0 Å². The first-order valence-electron chi connectivity index (χ1n) is 3.05. The van der Waals surface area contributed by atoms with E-state index < -0.39 is 12.7 Å². The number of rotatable bonds is 4. The van der Waals surface area contributed by atoms with Crippen LogP contribution < -0.4 is 69.3 Å². The van der Waals surface area contributed by atoms with Gasteiger partial charge in [-0.25, -0.2) is 0 Å². The summed E-state index contributed by atoms with van der Waals surface area (Å²) in [6, 6.07) is 0. The van der Waals surface area contributed by atoms with Crippen molar-refractivity contribution in [3.05, 3.63) is 0 Å². The normalized spacial score (nSPS) is 11.1. The molecule has 2 nitrogen and oxygen atoms in total. The molecule has 0 aromatic rings. The molecule has 0 aliphatic carbocycles. The van der Waals surface area contributed by atoms with Crippen molar-refractivity contribution in [2.75, 3.05) is 6.61 Å². The summed E-state index contributed by atoms with van der Waals surface area (Å²) in [5, 5.41) is 20.2. The maximum absolute atomic E-state index is 10.3. The van der Waals surface area contributed by atoms with Crippen LogP contribution in [-0.4, -0.2) is 12.7 Å². The van der Waals surface area contributed by atoms with E-state index in [1.807, 2.05) is 6.92 Å². The Morgan fingerprint density at radius 3 is 2.10 bits per heavy atom. The van der Waals surface area contributed by atoms with Crippen LogP contribution in [-0.2, 0) is 0 Å².